The molecule has 0 aliphatic rings. The minimum absolute atomic E-state index is 0.809. The van der Waals surface area contributed by atoms with Crippen LogP contribution in [0, 0.1) is 0 Å². The van der Waals surface area contributed by atoms with Gasteiger partial charge in [-0.3, -0.25) is 0 Å². The summed E-state index contributed by atoms with van der Waals surface area (Å²) >= 11 is 1.23. The lowest BCUT2D eigenvalue weighted by molar-refractivity contribution is -0.128. The van der Waals surface area contributed by atoms with Crippen LogP contribution in [0.5, 0.6) is 0 Å². The Kier molecular flexibility index (Phi) is 8.98. The highest BCUT2D eigenvalue weighted by molar-refractivity contribution is 7.98. The second kappa shape index (κ2) is 7.90. The maximum atomic E-state index is 9.75. The zero-order valence-electron chi connectivity index (χ0n) is 6.58. The van der Waals surface area contributed by atoms with Crippen molar-refractivity contribution in [3.05, 3.63) is 0 Å². The zero-order valence-corrected chi connectivity index (χ0v) is 7.40. The van der Waals surface area contributed by atoms with Crippen molar-refractivity contribution in [3.8, 4) is 0 Å². The highest BCUT2D eigenvalue weighted by atomic mass is 32.2. The largest absolute Gasteiger partial charge is 0.673 e. The van der Waals surface area contributed by atoms with Gasteiger partial charge in [-0.1, -0.05) is 6.92 Å². The normalized spacial score (nSPS) is 10.8. The van der Waals surface area contributed by atoms with Crippen LogP contribution in [-0.4, -0.2) is 30.3 Å². The summed E-state index contributed by atoms with van der Waals surface area (Å²) in [5, 5.41) is 7.98. The second-order valence-corrected chi connectivity index (χ2v) is 2.53. The van der Waals surface area contributed by atoms with Crippen molar-refractivity contribution in [1.29, 1.82) is 0 Å². The summed E-state index contributed by atoms with van der Waals surface area (Å²) in [7, 11) is -6.00. The Morgan fingerprint density at radius 2 is 1.92 bits per heavy atom. The van der Waals surface area contributed by atoms with Crippen LogP contribution in [0.1, 0.15) is 6.92 Å². The number of carbonyl (C=O) groups is 1. The van der Waals surface area contributed by atoms with Gasteiger partial charge >= 0.3 is 13.2 Å². The number of hydrogen-bond donors (Lipinski definition) is 1. The third kappa shape index (κ3) is 53.1. The van der Waals surface area contributed by atoms with Gasteiger partial charge in [0.15, 0.2) is 0 Å². The Morgan fingerprint density at radius 3 is 2.15 bits per heavy atom. The van der Waals surface area contributed by atoms with Crippen LogP contribution in [0.4, 0.5) is 17.3 Å². The van der Waals surface area contributed by atoms with Crippen LogP contribution in [0.2, 0.25) is 0 Å². The van der Waals surface area contributed by atoms with E-state index in [-0.39, 0.29) is 0 Å². The topological polar surface area (TPSA) is 49.7 Å². The van der Waals surface area contributed by atoms with E-state index >= 15 is 0 Å². The fraction of sp³-hybridized carbons (Fsp3) is 0.500. The Hall–Kier alpha value is -0.725. The molecule has 0 aliphatic heterocycles. The van der Waals surface area contributed by atoms with E-state index in [0.717, 1.165) is 12.0 Å². The average Bonchev–Trinajstić information content (AvgIpc) is 1.83. The van der Waals surface area contributed by atoms with Gasteiger partial charge in [0.2, 0.25) is 0 Å². The van der Waals surface area contributed by atoms with Crippen molar-refractivity contribution in [2.45, 2.75) is 6.92 Å². The van der Waals surface area contributed by atoms with Gasteiger partial charge in [0.05, 0.1) is 0 Å². The van der Waals surface area contributed by atoms with Gasteiger partial charge in [0.25, 0.3) is 0 Å². The van der Waals surface area contributed by atoms with E-state index in [2.05, 4.69) is 4.40 Å². The van der Waals surface area contributed by atoms with Crippen LogP contribution in [0.15, 0.2) is 4.40 Å². The summed E-state index contributed by atoms with van der Waals surface area (Å²) < 4.78 is 42.5. The molecule has 0 aliphatic carbocycles. The van der Waals surface area contributed by atoms with Crippen LogP contribution in [0.25, 0.3) is 0 Å². The number of carboxylic acids is 1. The van der Waals surface area contributed by atoms with Crippen LogP contribution < -0.4 is 0 Å². The Morgan fingerprint density at radius 1 is 1.54 bits per heavy atom. The lowest BCUT2D eigenvalue weighted by atomic mass is 10.3. The monoisotopic (exact) mass is 220 g/mol. The molecular formula is C4H7BF4NO2S-. The Labute approximate surface area is 76.5 Å². The van der Waals surface area contributed by atoms with Crippen molar-refractivity contribution in [2.24, 2.45) is 4.40 Å². The third-order valence-corrected chi connectivity index (χ3v) is 0.879. The predicted molar refractivity (Wildman–Crippen MR) is 44.4 cm³/mol. The first-order valence-corrected chi connectivity index (χ1v) is 3.97. The molecule has 0 fully saturated rings. The van der Waals surface area contributed by atoms with E-state index in [1.165, 1.54) is 11.9 Å². The fourth-order valence-corrected chi connectivity index (χ4v) is 0.471. The van der Waals surface area contributed by atoms with E-state index in [1.54, 1.807) is 0 Å². The van der Waals surface area contributed by atoms with Gasteiger partial charge in [0.1, 0.15) is 6.21 Å². The minimum Gasteiger partial charge on any atom is -0.477 e. The molecule has 0 unspecified atom stereocenters. The fourth-order valence-electron chi connectivity index (χ4n) is 0.157. The van der Waals surface area contributed by atoms with Gasteiger partial charge < -0.3 is 22.4 Å². The predicted octanol–water partition coefficient (Wildman–Crippen LogP) is 2.11. The molecule has 0 aromatic heterocycles. The highest BCUT2D eigenvalue weighted by Crippen LogP contribution is 2.06. The first-order chi connectivity index (χ1) is 5.77. The van der Waals surface area contributed by atoms with E-state index in [4.69, 9.17) is 5.11 Å². The Balaban J connectivity index is 0. The lowest BCUT2D eigenvalue weighted by Gasteiger charge is -1.94. The number of hydrogen-bond acceptors (Lipinski definition) is 3. The molecule has 13 heavy (non-hydrogen) atoms. The minimum atomic E-state index is -6.00. The summed E-state index contributed by atoms with van der Waals surface area (Å²) in [4.78, 5) is 9.71. The first kappa shape index (κ1) is 14.8. The standard InChI is InChI=1S/C4H7NO2S.BF4/c1-2-8-5-3-4(6)7;2-1(3,4)5/h3H,2H2,1H3,(H,6,7);/q;-1. The van der Waals surface area contributed by atoms with E-state index in [0.29, 0.717) is 0 Å². The van der Waals surface area contributed by atoms with Crippen molar-refractivity contribution < 1.29 is 27.2 Å². The molecule has 0 amide bonds. The molecule has 0 atom stereocenters. The molecule has 0 bridgehead atoms. The molecule has 0 heterocycles. The van der Waals surface area contributed by atoms with Crippen molar-refractivity contribution in [3.63, 3.8) is 0 Å². The van der Waals surface area contributed by atoms with Crippen molar-refractivity contribution >= 4 is 31.4 Å². The summed E-state index contributed by atoms with van der Waals surface area (Å²) in [6, 6.07) is 0. The summed E-state index contributed by atoms with van der Waals surface area (Å²) in [5.74, 6) is -0.185. The maximum absolute atomic E-state index is 9.75. The molecule has 78 valence electrons. The number of aliphatic carboxylic acids is 1. The molecule has 0 rings (SSSR count). The van der Waals surface area contributed by atoms with Gasteiger partial charge in [-0.2, -0.15) is 0 Å². The molecule has 0 saturated heterocycles. The zero-order chi connectivity index (χ0) is 10.9. The molecule has 0 saturated carbocycles. The molecule has 3 nitrogen and oxygen atoms in total. The molecule has 0 aromatic rings. The quantitative estimate of drug-likeness (QED) is 0.343. The number of nitrogens with zero attached hydrogens (tertiary/aromatic N) is 1. The summed E-state index contributed by atoms with van der Waals surface area (Å²) in [6.45, 7) is 1.91. The molecule has 0 spiro atoms. The van der Waals surface area contributed by atoms with E-state index in [1.807, 2.05) is 6.92 Å². The smallest absolute Gasteiger partial charge is 0.477 e. The lowest BCUT2D eigenvalue weighted by Crippen LogP contribution is -2.02. The van der Waals surface area contributed by atoms with Crippen LogP contribution >= 0.6 is 11.9 Å². The second-order valence-electron chi connectivity index (χ2n) is 1.49. The van der Waals surface area contributed by atoms with Crippen molar-refractivity contribution in [1.82, 2.24) is 0 Å². The van der Waals surface area contributed by atoms with E-state index in [9.17, 15) is 22.1 Å². The Bertz CT molecular complexity index is 168. The summed E-state index contributed by atoms with van der Waals surface area (Å²) in [6.07, 6.45) is 0.883. The van der Waals surface area contributed by atoms with Crippen LogP contribution in [-0.2, 0) is 4.79 Å². The number of halogens is 4. The third-order valence-electron chi connectivity index (χ3n) is 0.367. The molecule has 1 N–H and O–H groups in total. The number of rotatable bonds is 3. The maximum Gasteiger partial charge on any atom is 0.673 e. The molecule has 0 aromatic carbocycles. The first-order valence-electron chi connectivity index (χ1n) is 3.03. The van der Waals surface area contributed by atoms with Gasteiger partial charge in [0, 0.05) is 5.75 Å². The van der Waals surface area contributed by atoms with Gasteiger partial charge in [-0.05, 0) is 11.9 Å². The summed E-state index contributed by atoms with van der Waals surface area (Å²) in [5.41, 5.74) is 0. The number of carboxylic acid groups (broad SMARTS) is 1. The molecule has 9 heteroatoms. The van der Waals surface area contributed by atoms with E-state index < -0.39 is 13.2 Å². The average molecular weight is 220 g/mol. The van der Waals surface area contributed by atoms with Gasteiger partial charge in [-0.15, -0.1) is 0 Å². The highest BCUT2D eigenvalue weighted by Gasteiger charge is 2.20. The van der Waals surface area contributed by atoms with Crippen molar-refractivity contribution in [2.75, 3.05) is 5.75 Å². The molecule has 0 radical (unpaired) electrons. The SMILES string of the molecule is CCSN=CC(=O)O.F[B-](F)(F)F. The molecular weight excluding hydrogens is 213 g/mol. The van der Waals surface area contributed by atoms with Gasteiger partial charge in [-0.25, -0.2) is 9.19 Å². The van der Waals surface area contributed by atoms with Crippen LogP contribution in [0.3, 0.4) is 0 Å².